The van der Waals surface area contributed by atoms with Crippen LogP contribution in [0.25, 0.3) is 0 Å². The number of amides is 1. The molecule has 0 aliphatic carbocycles. The summed E-state index contributed by atoms with van der Waals surface area (Å²) in [5.41, 5.74) is -0.458. The lowest BCUT2D eigenvalue weighted by Gasteiger charge is -2.14. The van der Waals surface area contributed by atoms with Crippen molar-refractivity contribution in [2.24, 2.45) is 0 Å². The van der Waals surface area contributed by atoms with E-state index in [-0.39, 0.29) is 5.56 Å². The van der Waals surface area contributed by atoms with Gasteiger partial charge in [0.2, 0.25) is 0 Å². The lowest BCUT2D eigenvalue weighted by atomic mass is 10.2. The third-order valence-electron chi connectivity index (χ3n) is 2.80. The van der Waals surface area contributed by atoms with Crippen molar-refractivity contribution in [2.45, 2.75) is 13.0 Å². The monoisotopic (exact) mass is 384 g/mol. The van der Waals surface area contributed by atoms with E-state index >= 15 is 0 Å². The van der Waals surface area contributed by atoms with Gasteiger partial charge < -0.3 is 10.1 Å². The van der Waals surface area contributed by atoms with Crippen molar-refractivity contribution in [1.82, 2.24) is 4.98 Å². The van der Waals surface area contributed by atoms with Gasteiger partial charge in [0, 0.05) is 16.9 Å². The summed E-state index contributed by atoms with van der Waals surface area (Å²) in [5.74, 6) is -3.48. The number of anilines is 1. The average Bonchev–Trinajstić information content (AvgIpc) is 2.50. The first-order chi connectivity index (χ1) is 10.9. The molecule has 0 aliphatic rings. The largest absolute Gasteiger partial charge is 0.449 e. The first-order valence-corrected chi connectivity index (χ1v) is 7.24. The minimum Gasteiger partial charge on any atom is -0.449 e. The molecular formula is C15H11BrF2N2O3. The number of hydrogen-bond acceptors (Lipinski definition) is 4. The Bertz CT molecular complexity index is 735. The highest BCUT2D eigenvalue weighted by Gasteiger charge is 2.21. The standard InChI is InChI=1S/C15H11BrF2N2O3/c1-8(23-15(22)9-5-10(16)7-19-6-9)14(21)20-13-11(17)3-2-4-12(13)18/h2-8H,1H3,(H,20,21). The molecule has 120 valence electrons. The molecular weight excluding hydrogens is 374 g/mol. The van der Waals surface area contributed by atoms with E-state index in [1.807, 2.05) is 0 Å². The van der Waals surface area contributed by atoms with Crippen LogP contribution in [0.4, 0.5) is 14.5 Å². The van der Waals surface area contributed by atoms with Crippen molar-refractivity contribution in [3.8, 4) is 0 Å². The molecule has 2 rings (SSSR count). The lowest BCUT2D eigenvalue weighted by Crippen LogP contribution is -2.30. The molecule has 1 N–H and O–H groups in total. The van der Waals surface area contributed by atoms with Crippen LogP contribution < -0.4 is 5.32 Å². The first-order valence-electron chi connectivity index (χ1n) is 6.45. The van der Waals surface area contributed by atoms with Gasteiger partial charge in [0.25, 0.3) is 5.91 Å². The number of nitrogens with zero attached hydrogens (tertiary/aromatic N) is 1. The Labute approximate surface area is 138 Å². The van der Waals surface area contributed by atoms with Gasteiger partial charge in [-0.05, 0) is 41.1 Å². The van der Waals surface area contributed by atoms with Crippen molar-refractivity contribution in [3.05, 3.63) is 58.3 Å². The second-order valence-corrected chi connectivity index (χ2v) is 5.44. The van der Waals surface area contributed by atoms with E-state index in [1.54, 1.807) is 0 Å². The van der Waals surface area contributed by atoms with E-state index in [0.717, 1.165) is 12.1 Å². The molecule has 1 amide bonds. The number of pyridine rings is 1. The molecule has 1 aromatic carbocycles. The van der Waals surface area contributed by atoms with Crippen LogP contribution in [-0.2, 0) is 9.53 Å². The normalized spacial score (nSPS) is 11.7. The van der Waals surface area contributed by atoms with Gasteiger partial charge in [-0.25, -0.2) is 13.6 Å². The number of carbonyl (C=O) groups excluding carboxylic acids is 2. The maximum Gasteiger partial charge on any atom is 0.340 e. The molecule has 0 spiro atoms. The average molecular weight is 385 g/mol. The number of halogens is 3. The summed E-state index contributed by atoms with van der Waals surface area (Å²) in [7, 11) is 0. The Hall–Kier alpha value is -2.35. The number of rotatable bonds is 4. The number of benzene rings is 1. The van der Waals surface area contributed by atoms with Gasteiger partial charge in [-0.15, -0.1) is 0 Å². The number of hydrogen-bond donors (Lipinski definition) is 1. The smallest absolute Gasteiger partial charge is 0.340 e. The number of carbonyl (C=O) groups is 2. The number of ether oxygens (including phenoxy) is 1. The summed E-state index contributed by atoms with van der Waals surface area (Å²) >= 11 is 3.15. The van der Waals surface area contributed by atoms with E-state index in [1.165, 1.54) is 31.5 Å². The second-order valence-electron chi connectivity index (χ2n) is 4.53. The number of nitrogens with one attached hydrogen (secondary N) is 1. The van der Waals surface area contributed by atoms with Gasteiger partial charge in [0.1, 0.15) is 17.3 Å². The van der Waals surface area contributed by atoms with Crippen LogP contribution in [0.15, 0.2) is 41.1 Å². The maximum atomic E-state index is 13.5. The third-order valence-corrected chi connectivity index (χ3v) is 3.24. The molecule has 5 nitrogen and oxygen atoms in total. The maximum absolute atomic E-state index is 13.5. The van der Waals surface area contributed by atoms with Gasteiger partial charge in [-0.2, -0.15) is 0 Å². The molecule has 0 radical (unpaired) electrons. The zero-order chi connectivity index (χ0) is 17.0. The van der Waals surface area contributed by atoms with Crippen molar-refractivity contribution in [1.29, 1.82) is 0 Å². The molecule has 1 aromatic heterocycles. The van der Waals surface area contributed by atoms with Gasteiger partial charge >= 0.3 is 5.97 Å². The predicted octanol–water partition coefficient (Wildman–Crippen LogP) is 3.31. The van der Waals surface area contributed by atoms with Crippen LogP contribution in [0.1, 0.15) is 17.3 Å². The molecule has 0 aliphatic heterocycles. The summed E-state index contributed by atoms with van der Waals surface area (Å²) in [4.78, 5) is 27.6. The van der Waals surface area contributed by atoms with Crippen molar-refractivity contribution in [2.75, 3.05) is 5.32 Å². The molecule has 0 bridgehead atoms. The van der Waals surface area contributed by atoms with E-state index in [0.29, 0.717) is 4.47 Å². The first kappa shape index (κ1) is 17.0. The van der Waals surface area contributed by atoms with Crippen LogP contribution >= 0.6 is 15.9 Å². The van der Waals surface area contributed by atoms with Gasteiger partial charge in [0.05, 0.1) is 5.56 Å². The SMILES string of the molecule is CC(OC(=O)c1cncc(Br)c1)C(=O)Nc1c(F)cccc1F. The summed E-state index contributed by atoms with van der Waals surface area (Å²) in [5, 5.41) is 2.06. The van der Waals surface area contributed by atoms with Crippen molar-refractivity contribution < 1.29 is 23.1 Å². The summed E-state index contributed by atoms with van der Waals surface area (Å²) < 4.78 is 32.5. The predicted molar refractivity (Wildman–Crippen MR) is 81.8 cm³/mol. The molecule has 0 saturated heterocycles. The minimum absolute atomic E-state index is 0.135. The highest BCUT2D eigenvalue weighted by atomic mass is 79.9. The summed E-state index contributed by atoms with van der Waals surface area (Å²) in [6.07, 6.45) is 1.50. The molecule has 0 fully saturated rings. The van der Waals surface area contributed by atoms with Gasteiger partial charge in [-0.3, -0.25) is 9.78 Å². The van der Waals surface area contributed by atoms with Crippen molar-refractivity contribution in [3.63, 3.8) is 0 Å². The van der Waals surface area contributed by atoms with Crippen LogP contribution in [0.2, 0.25) is 0 Å². The molecule has 8 heteroatoms. The van der Waals surface area contributed by atoms with Gasteiger partial charge in [-0.1, -0.05) is 6.07 Å². The van der Waals surface area contributed by atoms with Crippen molar-refractivity contribution >= 4 is 33.5 Å². The van der Waals surface area contributed by atoms with Crippen LogP contribution in [-0.4, -0.2) is 23.0 Å². The Morgan fingerprint density at radius 3 is 2.52 bits per heavy atom. The number of esters is 1. The Balaban J connectivity index is 2.04. The zero-order valence-corrected chi connectivity index (χ0v) is 13.4. The minimum atomic E-state index is -1.25. The summed E-state index contributed by atoms with van der Waals surface area (Å²) in [6, 6.07) is 4.64. The fraction of sp³-hybridized carbons (Fsp3) is 0.133. The Kier molecular flexibility index (Phi) is 5.38. The quantitative estimate of drug-likeness (QED) is 0.821. The summed E-state index contributed by atoms with van der Waals surface area (Å²) in [6.45, 7) is 1.29. The topological polar surface area (TPSA) is 68.3 Å². The fourth-order valence-corrected chi connectivity index (χ4v) is 2.01. The van der Waals surface area contributed by atoms with E-state index in [9.17, 15) is 18.4 Å². The Morgan fingerprint density at radius 2 is 1.91 bits per heavy atom. The molecule has 0 saturated carbocycles. The molecule has 23 heavy (non-hydrogen) atoms. The lowest BCUT2D eigenvalue weighted by molar-refractivity contribution is -0.123. The van der Waals surface area contributed by atoms with Crippen LogP contribution in [0.3, 0.4) is 0 Å². The van der Waals surface area contributed by atoms with E-state index in [2.05, 4.69) is 26.2 Å². The second kappa shape index (κ2) is 7.28. The molecule has 1 atom stereocenters. The zero-order valence-electron chi connectivity index (χ0n) is 11.8. The number of aromatic nitrogens is 1. The van der Waals surface area contributed by atoms with E-state index < -0.39 is 35.3 Å². The van der Waals surface area contributed by atoms with Crippen LogP contribution in [0.5, 0.6) is 0 Å². The Morgan fingerprint density at radius 1 is 1.26 bits per heavy atom. The molecule has 2 aromatic rings. The molecule has 1 unspecified atom stereocenters. The number of para-hydroxylation sites is 1. The highest BCUT2D eigenvalue weighted by Crippen LogP contribution is 2.18. The third kappa shape index (κ3) is 4.32. The fourth-order valence-electron chi connectivity index (χ4n) is 1.65. The molecule has 1 heterocycles. The van der Waals surface area contributed by atoms with Crippen LogP contribution in [0, 0.1) is 11.6 Å². The van der Waals surface area contributed by atoms with E-state index in [4.69, 9.17) is 4.74 Å². The van der Waals surface area contributed by atoms with Gasteiger partial charge in [0.15, 0.2) is 6.10 Å². The highest BCUT2D eigenvalue weighted by molar-refractivity contribution is 9.10.